The average molecular weight is 486 g/mol. The summed E-state index contributed by atoms with van der Waals surface area (Å²) in [5.41, 5.74) is 2.12. The Kier molecular flexibility index (Phi) is 7.22. The van der Waals surface area contributed by atoms with Gasteiger partial charge in [0.2, 0.25) is 0 Å². The molecule has 1 aromatic rings. The number of hydrogen-bond acceptors (Lipinski definition) is 7. The number of methoxy groups -OCH3 is 1. The monoisotopic (exact) mass is 485 g/mol. The Hall–Kier alpha value is -2.87. The topological polar surface area (TPSA) is 102 Å². The van der Waals surface area contributed by atoms with Crippen molar-refractivity contribution < 1.29 is 33.7 Å². The molecule has 8 heteroatoms. The Morgan fingerprint density at radius 2 is 2.03 bits per heavy atom. The van der Waals surface area contributed by atoms with Gasteiger partial charge in [0.15, 0.2) is 11.5 Å². The third kappa shape index (κ3) is 4.94. The van der Waals surface area contributed by atoms with Crippen LogP contribution in [0, 0.1) is 11.8 Å². The predicted octanol–water partition coefficient (Wildman–Crippen LogP) is 3.50. The van der Waals surface area contributed by atoms with Crippen LogP contribution in [0.4, 0.5) is 0 Å². The molecule has 35 heavy (non-hydrogen) atoms. The number of ether oxygens (including phenoxy) is 3. The molecule has 4 atom stereocenters. The maximum Gasteiger partial charge on any atom is 0.307 e. The number of esters is 1. The lowest BCUT2D eigenvalue weighted by Gasteiger charge is -2.36. The summed E-state index contributed by atoms with van der Waals surface area (Å²) in [6.45, 7) is 5.30. The van der Waals surface area contributed by atoms with Gasteiger partial charge < -0.3 is 24.2 Å². The highest BCUT2D eigenvalue weighted by atomic mass is 16.6. The quantitative estimate of drug-likeness (QED) is 0.419. The van der Waals surface area contributed by atoms with Crippen LogP contribution in [0.1, 0.15) is 57.1 Å². The molecule has 0 radical (unpaired) electrons. The number of carbonyl (C=O) groups excluding carboxylic acids is 2. The molecule has 0 saturated heterocycles. The smallest absolute Gasteiger partial charge is 0.307 e. The molecule has 2 heterocycles. The minimum Gasteiger partial charge on any atom is -0.493 e. The van der Waals surface area contributed by atoms with Crippen LogP contribution >= 0.6 is 0 Å². The first kappa shape index (κ1) is 25.2. The summed E-state index contributed by atoms with van der Waals surface area (Å²) in [6.07, 6.45) is 4.73. The minimum absolute atomic E-state index is 0.0199. The molecule has 190 valence electrons. The molecule has 2 aliphatic heterocycles. The fraction of sp³-hybridized carbons (Fsp3) is 0.593. The number of carboxylic acids is 1. The van der Waals surface area contributed by atoms with Gasteiger partial charge in [0.05, 0.1) is 24.9 Å². The number of rotatable bonds is 9. The Labute approximate surface area is 206 Å². The van der Waals surface area contributed by atoms with E-state index in [1.165, 1.54) is 11.1 Å². The molecule has 0 fully saturated rings. The highest BCUT2D eigenvalue weighted by Gasteiger charge is 2.53. The van der Waals surface area contributed by atoms with Gasteiger partial charge in [-0.3, -0.25) is 14.4 Å². The lowest BCUT2D eigenvalue weighted by Crippen LogP contribution is -2.43. The van der Waals surface area contributed by atoms with Crippen LogP contribution < -0.4 is 9.47 Å². The van der Waals surface area contributed by atoms with Crippen molar-refractivity contribution in [1.82, 2.24) is 4.90 Å². The molecule has 0 unspecified atom stereocenters. The van der Waals surface area contributed by atoms with Gasteiger partial charge in [-0.25, -0.2) is 0 Å². The van der Waals surface area contributed by atoms with Gasteiger partial charge >= 0.3 is 11.9 Å². The molecular weight excluding hydrogens is 450 g/mol. The molecule has 1 spiro atoms. The molecular formula is C27H35NO7. The van der Waals surface area contributed by atoms with Crippen LogP contribution in [0.25, 0.3) is 0 Å². The Bertz CT molecular complexity index is 1030. The number of hydrogen-bond donors (Lipinski definition) is 1. The van der Waals surface area contributed by atoms with E-state index in [0.717, 1.165) is 25.3 Å². The van der Waals surface area contributed by atoms with E-state index in [9.17, 15) is 19.5 Å². The summed E-state index contributed by atoms with van der Waals surface area (Å²) in [5.74, 6) is -1.08. The van der Waals surface area contributed by atoms with E-state index in [4.69, 9.17) is 14.2 Å². The molecule has 0 amide bonds. The first-order chi connectivity index (χ1) is 16.6. The fourth-order valence-corrected chi connectivity index (χ4v) is 5.58. The highest BCUT2D eigenvalue weighted by molar-refractivity contribution is 5.86. The molecule has 1 N–H and O–H groups in total. The van der Waals surface area contributed by atoms with E-state index < -0.39 is 24.0 Å². The van der Waals surface area contributed by atoms with Crippen LogP contribution in [0.15, 0.2) is 24.3 Å². The summed E-state index contributed by atoms with van der Waals surface area (Å²) in [6, 6.07) is 4.06. The largest absolute Gasteiger partial charge is 0.493 e. The number of ketones is 1. The second kappa shape index (κ2) is 10.0. The van der Waals surface area contributed by atoms with E-state index in [2.05, 4.69) is 24.1 Å². The second-order valence-electron chi connectivity index (χ2n) is 10.3. The molecule has 0 aromatic heterocycles. The number of nitrogens with zero attached hydrogens (tertiary/aromatic N) is 1. The van der Waals surface area contributed by atoms with E-state index in [1.807, 2.05) is 12.1 Å². The van der Waals surface area contributed by atoms with E-state index in [0.29, 0.717) is 12.2 Å². The Morgan fingerprint density at radius 1 is 1.26 bits per heavy atom. The Balaban J connectivity index is 1.42. The number of carbonyl (C=O) groups is 3. The predicted molar refractivity (Wildman–Crippen MR) is 128 cm³/mol. The van der Waals surface area contributed by atoms with Crippen LogP contribution in [0.3, 0.4) is 0 Å². The van der Waals surface area contributed by atoms with E-state index in [1.54, 1.807) is 21.0 Å². The number of benzene rings is 1. The first-order valence-corrected chi connectivity index (χ1v) is 12.3. The second-order valence-corrected chi connectivity index (χ2v) is 10.3. The SMILES string of the molecule is COc1ccc2c3c1O[C@H]1C[C@@H](OC(=O)CCC(=O)C[C@H](C(=O)O)C(C)C)C=C[C@@]31CCN(C)C2. The van der Waals surface area contributed by atoms with Crippen LogP contribution in [0.5, 0.6) is 11.5 Å². The van der Waals surface area contributed by atoms with Gasteiger partial charge in [0, 0.05) is 31.4 Å². The molecule has 0 bridgehead atoms. The third-order valence-electron chi connectivity index (χ3n) is 7.59. The van der Waals surface area contributed by atoms with Crippen molar-refractivity contribution in [3.63, 3.8) is 0 Å². The number of carboxylic acid groups (broad SMARTS) is 1. The van der Waals surface area contributed by atoms with Gasteiger partial charge in [-0.1, -0.05) is 26.0 Å². The van der Waals surface area contributed by atoms with Gasteiger partial charge in [-0.05, 0) is 43.6 Å². The summed E-state index contributed by atoms with van der Waals surface area (Å²) in [7, 11) is 3.75. The maximum atomic E-state index is 12.5. The zero-order valence-electron chi connectivity index (χ0n) is 20.9. The lowest BCUT2D eigenvalue weighted by atomic mass is 9.69. The zero-order valence-corrected chi connectivity index (χ0v) is 20.9. The molecule has 1 aromatic carbocycles. The van der Waals surface area contributed by atoms with Crippen molar-refractivity contribution in [2.75, 3.05) is 20.7 Å². The highest BCUT2D eigenvalue weighted by Crippen LogP contribution is 2.55. The maximum absolute atomic E-state index is 12.5. The summed E-state index contributed by atoms with van der Waals surface area (Å²) < 4.78 is 17.7. The van der Waals surface area contributed by atoms with Crippen molar-refractivity contribution in [2.45, 2.75) is 70.1 Å². The van der Waals surface area contributed by atoms with Crippen LogP contribution in [-0.4, -0.2) is 60.6 Å². The average Bonchev–Trinajstić information content (AvgIpc) is 3.07. The lowest BCUT2D eigenvalue weighted by molar-refractivity contribution is -0.149. The van der Waals surface area contributed by atoms with Crippen LogP contribution in [0.2, 0.25) is 0 Å². The summed E-state index contributed by atoms with van der Waals surface area (Å²) >= 11 is 0. The van der Waals surface area contributed by atoms with Gasteiger partial charge in [-0.2, -0.15) is 0 Å². The molecule has 0 saturated carbocycles. The van der Waals surface area contributed by atoms with Gasteiger partial charge in [0.25, 0.3) is 0 Å². The fourth-order valence-electron chi connectivity index (χ4n) is 5.58. The Morgan fingerprint density at radius 3 is 2.71 bits per heavy atom. The van der Waals surface area contributed by atoms with Crippen molar-refractivity contribution in [2.24, 2.45) is 11.8 Å². The summed E-state index contributed by atoms with van der Waals surface area (Å²) in [4.78, 5) is 38.4. The standard InChI is InChI=1S/C27H35NO7/c1-16(2)20(26(31)32)13-18(29)6-8-23(30)34-19-9-10-27-11-12-28(3)15-17-5-7-21(33-4)25(24(17)27)35-22(27)14-19/h5,7,9-10,16,19-20,22H,6,8,11-15H2,1-4H3,(H,31,32)/t19-,20-,22-,27-/m0/s1. The molecule has 1 aliphatic carbocycles. The van der Waals surface area contributed by atoms with Gasteiger partial charge in [0.1, 0.15) is 18.0 Å². The van der Waals surface area contributed by atoms with Crippen molar-refractivity contribution >= 4 is 17.7 Å². The summed E-state index contributed by atoms with van der Waals surface area (Å²) in [5, 5.41) is 9.28. The minimum atomic E-state index is -0.987. The normalized spacial score (nSPS) is 25.7. The van der Waals surface area contributed by atoms with E-state index >= 15 is 0 Å². The third-order valence-corrected chi connectivity index (χ3v) is 7.59. The first-order valence-electron chi connectivity index (χ1n) is 12.3. The molecule has 4 rings (SSSR count). The molecule has 3 aliphatic rings. The van der Waals surface area contributed by atoms with Gasteiger partial charge in [-0.15, -0.1) is 0 Å². The number of aliphatic carboxylic acids is 1. The number of Topliss-reactive ketones (excluding diaryl/α,β-unsaturated/α-hetero) is 1. The van der Waals surface area contributed by atoms with Crippen molar-refractivity contribution in [3.8, 4) is 11.5 Å². The van der Waals surface area contributed by atoms with Crippen molar-refractivity contribution in [3.05, 3.63) is 35.4 Å². The van der Waals surface area contributed by atoms with Crippen molar-refractivity contribution in [1.29, 1.82) is 0 Å². The van der Waals surface area contributed by atoms with E-state index in [-0.39, 0.29) is 42.5 Å². The van der Waals surface area contributed by atoms with Crippen LogP contribution in [-0.2, 0) is 31.1 Å². The zero-order chi connectivity index (χ0) is 25.3. The molecule has 8 nitrogen and oxygen atoms in total.